The van der Waals surface area contributed by atoms with Crippen LogP contribution in [-0.2, 0) is 9.53 Å². The Kier molecular flexibility index (Phi) is 8.76. The smallest absolute Gasteiger partial charge is 0.411 e. The lowest BCUT2D eigenvalue weighted by Gasteiger charge is -2.23. The summed E-state index contributed by atoms with van der Waals surface area (Å²) in [6.07, 6.45) is 1.28. The maximum absolute atomic E-state index is 14.8. The Morgan fingerprint density at radius 3 is 2.74 bits per heavy atom. The predicted molar refractivity (Wildman–Crippen MR) is 161 cm³/mol. The maximum atomic E-state index is 14.8. The molecule has 0 radical (unpaired) electrons. The monoisotopic (exact) mass is 607 g/mol. The van der Waals surface area contributed by atoms with E-state index >= 15 is 0 Å². The van der Waals surface area contributed by atoms with E-state index in [9.17, 15) is 14.0 Å². The normalized spacial score (nSPS) is 16.7. The average molecular weight is 608 g/mol. The highest BCUT2D eigenvalue weighted by Gasteiger charge is 2.24. The Labute approximate surface area is 252 Å². The average Bonchev–Trinajstić information content (AvgIpc) is 3.36. The lowest BCUT2D eigenvalue weighted by molar-refractivity contribution is -0.119. The Morgan fingerprint density at radius 2 is 1.98 bits per heavy atom. The number of anilines is 3. The molecule has 4 aromatic rings. The number of carbonyl (C=O) groups excluding carboxylic acids is 2. The molecule has 1 aliphatic rings. The number of amides is 2. The quantitative estimate of drug-likeness (QED) is 0.233. The first-order valence-corrected chi connectivity index (χ1v) is 14.1. The molecule has 5 rings (SSSR count). The number of aromatic nitrogens is 4. The van der Waals surface area contributed by atoms with Gasteiger partial charge in [0.15, 0.2) is 11.6 Å². The summed E-state index contributed by atoms with van der Waals surface area (Å²) in [6, 6.07) is 13.2. The van der Waals surface area contributed by atoms with E-state index in [1.165, 1.54) is 25.0 Å². The Morgan fingerprint density at radius 1 is 1.16 bits per heavy atom. The highest BCUT2D eigenvalue weighted by Crippen LogP contribution is 2.37. The molecule has 2 amide bonds. The minimum atomic E-state index is -0.625. The number of nitrogens with zero attached hydrogens (tertiary/aromatic N) is 4. The van der Waals surface area contributed by atoms with E-state index < -0.39 is 11.9 Å². The molecule has 2 aromatic heterocycles. The van der Waals surface area contributed by atoms with Crippen LogP contribution >= 0.6 is 11.6 Å². The van der Waals surface area contributed by atoms with Gasteiger partial charge in [-0.05, 0) is 55.7 Å². The first-order valence-electron chi connectivity index (χ1n) is 13.7. The summed E-state index contributed by atoms with van der Waals surface area (Å²) in [7, 11) is 2.81. The summed E-state index contributed by atoms with van der Waals surface area (Å²) in [6.45, 7) is 3.65. The van der Waals surface area contributed by atoms with Crippen molar-refractivity contribution < 1.29 is 23.5 Å². The van der Waals surface area contributed by atoms with Crippen molar-refractivity contribution in [2.24, 2.45) is 5.92 Å². The first-order chi connectivity index (χ1) is 20.7. The van der Waals surface area contributed by atoms with Gasteiger partial charge in [0.1, 0.15) is 5.69 Å². The van der Waals surface area contributed by atoms with Crippen LogP contribution in [0.15, 0.2) is 48.5 Å². The number of hydrogen-bond donors (Lipinski definition) is 3. The highest BCUT2D eigenvalue weighted by atomic mass is 35.5. The van der Waals surface area contributed by atoms with Gasteiger partial charge in [-0.1, -0.05) is 42.3 Å². The van der Waals surface area contributed by atoms with Crippen molar-refractivity contribution in [3.8, 4) is 22.7 Å². The van der Waals surface area contributed by atoms with Crippen LogP contribution in [0.2, 0.25) is 5.02 Å². The van der Waals surface area contributed by atoms with Gasteiger partial charge in [0, 0.05) is 23.2 Å². The van der Waals surface area contributed by atoms with Crippen molar-refractivity contribution in [1.29, 1.82) is 0 Å². The van der Waals surface area contributed by atoms with Crippen LogP contribution in [0.25, 0.3) is 16.8 Å². The summed E-state index contributed by atoms with van der Waals surface area (Å²) in [5.41, 5.74) is 3.86. The maximum Gasteiger partial charge on any atom is 0.411 e. The van der Waals surface area contributed by atoms with Crippen molar-refractivity contribution in [1.82, 2.24) is 20.0 Å². The fourth-order valence-corrected chi connectivity index (χ4v) is 5.10. The standard InChI is InChI=1S/C30H31ClFN7O4/c1-16-7-5-9-22(35-28-17(2)39(38-37-28)25-10-6-8-21(31)27(25)32)24-13-18(14-26(34-24)42-3)20-12-11-19(33-30(41)43-4)15-23(20)36-29(16)40/h6,8,10-16,22,35H,5,7,9H2,1-4H3,(H,33,41)(H,36,40)/t16-,22+/m1/s1. The fraction of sp³-hybridized carbons (Fsp3) is 0.300. The molecule has 0 saturated carbocycles. The van der Waals surface area contributed by atoms with Gasteiger partial charge in [0.25, 0.3) is 0 Å². The number of carbonyl (C=O) groups is 2. The molecule has 0 aliphatic carbocycles. The van der Waals surface area contributed by atoms with E-state index in [2.05, 4.69) is 26.3 Å². The number of fused-ring (bicyclic) bond motifs is 4. The summed E-state index contributed by atoms with van der Waals surface area (Å²) in [4.78, 5) is 29.8. The van der Waals surface area contributed by atoms with E-state index in [0.29, 0.717) is 59.3 Å². The SMILES string of the molecule is COC(=O)Nc1ccc2c(c1)NC(=O)[C@H](C)CCC[C@H](Nc1nnn(-c3cccc(Cl)c3F)c1C)c1cc-2cc(OC)n1. The third-order valence-electron chi connectivity index (χ3n) is 7.35. The van der Waals surface area contributed by atoms with Gasteiger partial charge in [-0.15, -0.1) is 5.10 Å². The highest BCUT2D eigenvalue weighted by molar-refractivity contribution is 6.30. The predicted octanol–water partition coefficient (Wildman–Crippen LogP) is 6.53. The van der Waals surface area contributed by atoms with Crippen LogP contribution < -0.4 is 20.7 Å². The van der Waals surface area contributed by atoms with Gasteiger partial charge in [-0.3, -0.25) is 10.1 Å². The molecule has 2 bridgehead atoms. The number of ether oxygens (including phenoxy) is 2. The minimum absolute atomic E-state index is 0.0130. The molecule has 0 spiro atoms. The molecular weight excluding hydrogens is 577 g/mol. The van der Waals surface area contributed by atoms with Crippen molar-refractivity contribution in [3.63, 3.8) is 0 Å². The second-order valence-electron chi connectivity index (χ2n) is 10.2. The van der Waals surface area contributed by atoms with Crippen LogP contribution in [0.1, 0.15) is 43.6 Å². The summed E-state index contributed by atoms with van der Waals surface area (Å²) in [5.74, 6) is -0.207. The summed E-state index contributed by atoms with van der Waals surface area (Å²) >= 11 is 6.00. The third kappa shape index (κ3) is 6.38. The molecule has 3 N–H and O–H groups in total. The van der Waals surface area contributed by atoms with Gasteiger partial charge in [-0.2, -0.15) is 0 Å². The molecular formula is C30H31ClFN7O4. The minimum Gasteiger partial charge on any atom is -0.481 e. The number of halogens is 2. The molecule has 0 fully saturated rings. The molecule has 3 heterocycles. The molecule has 0 unspecified atom stereocenters. The molecule has 43 heavy (non-hydrogen) atoms. The van der Waals surface area contributed by atoms with E-state index in [-0.39, 0.29) is 28.6 Å². The Bertz CT molecular complexity index is 1680. The zero-order valence-electron chi connectivity index (χ0n) is 24.1. The van der Waals surface area contributed by atoms with Crippen molar-refractivity contribution in [2.45, 2.75) is 39.2 Å². The van der Waals surface area contributed by atoms with Crippen molar-refractivity contribution >= 4 is 40.8 Å². The molecule has 2 aromatic carbocycles. The van der Waals surface area contributed by atoms with Crippen LogP contribution in [0.4, 0.5) is 26.4 Å². The number of hydrogen-bond acceptors (Lipinski definition) is 8. The van der Waals surface area contributed by atoms with Gasteiger partial charge in [-0.25, -0.2) is 18.9 Å². The van der Waals surface area contributed by atoms with E-state index in [1.54, 1.807) is 43.3 Å². The van der Waals surface area contributed by atoms with E-state index in [1.807, 2.05) is 13.0 Å². The second-order valence-corrected chi connectivity index (χ2v) is 10.6. The van der Waals surface area contributed by atoms with Crippen LogP contribution in [-0.4, -0.2) is 46.2 Å². The zero-order valence-corrected chi connectivity index (χ0v) is 24.8. The molecule has 224 valence electrons. The largest absolute Gasteiger partial charge is 0.481 e. The molecule has 0 saturated heterocycles. The third-order valence-corrected chi connectivity index (χ3v) is 7.64. The number of pyridine rings is 1. The molecule has 13 heteroatoms. The van der Waals surface area contributed by atoms with Crippen LogP contribution in [0.5, 0.6) is 5.88 Å². The fourth-order valence-electron chi connectivity index (χ4n) is 4.93. The first kappa shape index (κ1) is 29.8. The van der Waals surface area contributed by atoms with Gasteiger partial charge >= 0.3 is 6.09 Å². The van der Waals surface area contributed by atoms with Crippen LogP contribution in [0.3, 0.4) is 0 Å². The van der Waals surface area contributed by atoms with Gasteiger partial charge in [0.2, 0.25) is 11.8 Å². The summed E-state index contributed by atoms with van der Waals surface area (Å²) in [5, 5.41) is 17.6. The summed E-state index contributed by atoms with van der Waals surface area (Å²) < 4.78 is 26.5. The molecule has 2 atom stereocenters. The van der Waals surface area contributed by atoms with E-state index in [4.69, 9.17) is 26.1 Å². The lowest BCUT2D eigenvalue weighted by Crippen LogP contribution is -2.22. The van der Waals surface area contributed by atoms with Crippen LogP contribution in [0, 0.1) is 18.7 Å². The van der Waals surface area contributed by atoms with Gasteiger partial charge in [0.05, 0.1) is 42.4 Å². The Hall–Kier alpha value is -4.71. The topological polar surface area (TPSA) is 132 Å². The van der Waals surface area contributed by atoms with Gasteiger partial charge < -0.3 is 20.1 Å². The lowest BCUT2D eigenvalue weighted by atomic mass is 9.95. The molecule has 1 aliphatic heterocycles. The number of rotatable bonds is 5. The Balaban J connectivity index is 1.57. The van der Waals surface area contributed by atoms with E-state index in [0.717, 1.165) is 5.56 Å². The second kappa shape index (κ2) is 12.7. The number of benzene rings is 2. The van der Waals surface area contributed by atoms with Crippen molar-refractivity contribution in [3.05, 3.63) is 70.8 Å². The zero-order chi connectivity index (χ0) is 30.7. The van der Waals surface area contributed by atoms with Crippen molar-refractivity contribution in [2.75, 3.05) is 30.2 Å². The molecule has 11 nitrogen and oxygen atoms in total. The number of nitrogens with one attached hydrogen (secondary N) is 3. The number of methoxy groups -OCH3 is 2.